The number of hydrogen-bond donors (Lipinski definition) is 1. The first-order valence-electron chi connectivity index (χ1n) is 8.62. The summed E-state index contributed by atoms with van der Waals surface area (Å²) >= 11 is 0. The number of likely N-dealkylation sites (tertiary alicyclic amines) is 1. The molecule has 2 N–H and O–H groups in total. The number of hydrogen-bond acceptors (Lipinski definition) is 2. The molecule has 2 aromatic carbocycles. The summed E-state index contributed by atoms with van der Waals surface area (Å²) in [4.78, 5) is 2.53. The molecule has 0 amide bonds. The van der Waals surface area contributed by atoms with Gasteiger partial charge in [-0.1, -0.05) is 53.6 Å². The highest BCUT2D eigenvalue weighted by molar-refractivity contribution is 5.31. The lowest BCUT2D eigenvalue weighted by Crippen LogP contribution is -2.45. The van der Waals surface area contributed by atoms with Gasteiger partial charge >= 0.3 is 0 Å². The second kappa shape index (κ2) is 6.86. The molecule has 122 valence electrons. The van der Waals surface area contributed by atoms with E-state index in [1.807, 2.05) is 0 Å². The van der Waals surface area contributed by atoms with Gasteiger partial charge in [-0.3, -0.25) is 4.90 Å². The number of rotatable bonds is 3. The van der Waals surface area contributed by atoms with Crippen molar-refractivity contribution < 1.29 is 0 Å². The van der Waals surface area contributed by atoms with Crippen molar-refractivity contribution in [3.63, 3.8) is 0 Å². The Hall–Kier alpha value is -1.64. The van der Waals surface area contributed by atoms with Crippen molar-refractivity contribution in [2.75, 3.05) is 13.1 Å². The van der Waals surface area contributed by atoms with E-state index in [1.165, 1.54) is 27.8 Å². The van der Waals surface area contributed by atoms with Crippen LogP contribution in [0.4, 0.5) is 0 Å². The molecular weight excluding hydrogens is 280 g/mol. The molecule has 1 fully saturated rings. The van der Waals surface area contributed by atoms with Crippen molar-refractivity contribution in [3.05, 3.63) is 70.3 Å². The SMILES string of the molecule is Cc1ccc(C2CC(N)CN(Cc3cc(C)ccc3C)C2)cc1. The minimum atomic E-state index is 0.264. The van der Waals surface area contributed by atoms with Crippen LogP contribution >= 0.6 is 0 Å². The third kappa shape index (κ3) is 4.01. The summed E-state index contributed by atoms with van der Waals surface area (Å²) in [5, 5.41) is 0. The van der Waals surface area contributed by atoms with Gasteiger partial charge in [0.25, 0.3) is 0 Å². The van der Waals surface area contributed by atoms with Gasteiger partial charge in [0.1, 0.15) is 0 Å². The van der Waals surface area contributed by atoms with Crippen LogP contribution in [-0.4, -0.2) is 24.0 Å². The third-order valence-electron chi connectivity index (χ3n) is 5.01. The van der Waals surface area contributed by atoms with Gasteiger partial charge in [0.2, 0.25) is 0 Å². The van der Waals surface area contributed by atoms with E-state index in [-0.39, 0.29) is 6.04 Å². The van der Waals surface area contributed by atoms with E-state index in [1.54, 1.807) is 0 Å². The van der Waals surface area contributed by atoms with Crippen LogP contribution in [0.25, 0.3) is 0 Å². The molecule has 2 heteroatoms. The zero-order valence-electron chi connectivity index (χ0n) is 14.5. The van der Waals surface area contributed by atoms with Crippen molar-refractivity contribution in [2.24, 2.45) is 5.73 Å². The van der Waals surface area contributed by atoms with E-state index in [4.69, 9.17) is 5.73 Å². The highest BCUT2D eigenvalue weighted by atomic mass is 15.1. The summed E-state index contributed by atoms with van der Waals surface area (Å²) in [6.07, 6.45) is 1.09. The summed E-state index contributed by atoms with van der Waals surface area (Å²) in [5.41, 5.74) is 13.3. The Morgan fingerprint density at radius 1 is 0.957 bits per heavy atom. The Kier molecular flexibility index (Phi) is 4.84. The third-order valence-corrected chi connectivity index (χ3v) is 5.01. The molecule has 1 saturated heterocycles. The molecule has 0 radical (unpaired) electrons. The van der Waals surface area contributed by atoms with Crippen molar-refractivity contribution in [1.29, 1.82) is 0 Å². The van der Waals surface area contributed by atoms with Crippen LogP contribution in [0.1, 0.15) is 40.2 Å². The van der Waals surface area contributed by atoms with Gasteiger partial charge in [-0.25, -0.2) is 0 Å². The van der Waals surface area contributed by atoms with Gasteiger partial charge in [0.15, 0.2) is 0 Å². The maximum atomic E-state index is 6.36. The number of piperidine rings is 1. The van der Waals surface area contributed by atoms with Gasteiger partial charge in [0, 0.05) is 25.7 Å². The molecule has 1 heterocycles. The maximum absolute atomic E-state index is 6.36. The molecule has 1 aliphatic heterocycles. The van der Waals surface area contributed by atoms with Crippen molar-refractivity contribution in [1.82, 2.24) is 4.90 Å². The first kappa shape index (κ1) is 16.2. The fraction of sp³-hybridized carbons (Fsp3) is 0.429. The van der Waals surface area contributed by atoms with E-state index >= 15 is 0 Å². The summed E-state index contributed by atoms with van der Waals surface area (Å²) in [5.74, 6) is 0.546. The first-order chi connectivity index (χ1) is 11.0. The van der Waals surface area contributed by atoms with E-state index < -0.39 is 0 Å². The molecule has 2 atom stereocenters. The van der Waals surface area contributed by atoms with Crippen LogP contribution in [-0.2, 0) is 6.54 Å². The fourth-order valence-electron chi connectivity index (χ4n) is 3.65. The van der Waals surface area contributed by atoms with E-state index in [2.05, 4.69) is 68.1 Å². The van der Waals surface area contributed by atoms with Gasteiger partial charge < -0.3 is 5.73 Å². The normalized spacial score (nSPS) is 22.3. The van der Waals surface area contributed by atoms with Crippen LogP contribution in [0.15, 0.2) is 42.5 Å². The minimum absolute atomic E-state index is 0.264. The van der Waals surface area contributed by atoms with Crippen molar-refractivity contribution in [3.8, 4) is 0 Å². The Labute approximate surface area is 140 Å². The molecular formula is C21H28N2. The van der Waals surface area contributed by atoms with Crippen LogP contribution in [0.5, 0.6) is 0 Å². The highest BCUT2D eigenvalue weighted by Crippen LogP contribution is 2.28. The van der Waals surface area contributed by atoms with Crippen LogP contribution in [0.3, 0.4) is 0 Å². The molecule has 2 aromatic rings. The van der Waals surface area contributed by atoms with Gasteiger partial charge in [-0.2, -0.15) is 0 Å². The number of benzene rings is 2. The predicted octanol–water partition coefficient (Wildman–Crippen LogP) is 3.93. The lowest BCUT2D eigenvalue weighted by Gasteiger charge is -2.37. The maximum Gasteiger partial charge on any atom is 0.0237 e. The second-order valence-corrected chi connectivity index (χ2v) is 7.23. The Morgan fingerprint density at radius 2 is 1.65 bits per heavy atom. The van der Waals surface area contributed by atoms with Gasteiger partial charge in [0.05, 0.1) is 0 Å². The standard InChI is InChI=1S/C21H28N2/c1-15-5-8-18(9-6-15)20-11-21(22)14-23(13-20)12-19-10-16(2)4-7-17(19)3/h4-10,20-21H,11-14,22H2,1-3H3. The topological polar surface area (TPSA) is 29.3 Å². The van der Waals surface area contributed by atoms with Crippen molar-refractivity contribution >= 4 is 0 Å². The van der Waals surface area contributed by atoms with E-state index in [0.717, 1.165) is 26.1 Å². The average Bonchev–Trinajstić information content (AvgIpc) is 2.51. The predicted molar refractivity (Wildman–Crippen MR) is 97.7 cm³/mol. The Morgan fingerprint density at radius 3 is 2.39 bits per heavy atom. The number of nitrogens with two attached hydrogens (primary N) is 1. The van der Waals surface area contributed by atoms with E-state index in [9.17, 15) is 0 Å². The first-order valence-corrected chi connectivity index (χ1v) is 8.62. The molecule has 0 spiro atoms. The smallest absolute Gasteiger partial charge is 0.0237 e. The minimum Gasteiger partial charge on any atom is -0.327 e. The molecule has 0 bridgehead atoms. The largest absolute Gasteiger partial charge is 0.327 e. The summed E-state index contributed by atoms with van der Waals surface area (Å²) in [6, 6.07) is 16.0. The molecule has 0 saturated carbocycles. The van der Waals surface area contributed by atoms with Gasteiger partial charge in [-0.05, 0) is 49.8 Å². The van der Waals surface area contributed by atoms with Crippen LogP contribution < -0.4 is 5.73 Å². The molecule has 23 heavy (non-hydrogen) atoms. The number of nitrogens with zero attached hydrogens (tertiary/aromatic N) is 1. The zero-order chi connectivity index (χ0) is 16.4. The fourth-order valence-corrected chi connectivity index (χ4v) is 3.65. The number of aryl methyl sites for hydroxylation is 3. The lowest BCUT2D eigenvalue weighted by molar-refractivity contribution is 0.181. The zero-order valence-corrected chi connectivity index (χ0v) is 14.5. The second-order valence-electron chi connectivity index (χ2n) is 7.23. The average molecular weight is 308 g/mol. The summed E-state index contributed by atoms with van der Waals surface area (Å²) in [7, 11) is 0. The molecule has 1 aliphatic rings. The van der Waals surface area contributed by atoms with Crippen molar-refractivity contribution in [2.45, 2.75) is 45.7 Å². The molecule has 3 rings (SSSR count). The molecule has 2 nitrogen and oxygen atoms in total. The lowest BCUT2D eigenvalue weighted by atomic mass is 9.87. The summed E-state index contributed by atoms with van der Waals surface area (Å²) < 4.78 is 0. The Balaban J connectivity index is 1.75. The summed E-state index contributed by atoms with van der Waals surface area (Å²) in [6.45, 7) is 9.61. The molecule has 0 aliphatic carbocycles. The van der Waals surface area contributed by atoms with Crippen LogP contribution in [0, 0.1) is 20.8 Å². The quantitative estimate of drug-likeness (QED) is 0.931. The molecule has 2 unspecified atom stereocenters. The molecule has 0 aromatic heterocycles. The van der Waals surface area contributed by atoms with Crippen LogP contribution in [0.2, 0.25) is 0 Å². The highest BCUT2D eigenvalue weighted by Gasteiger charge is 2.26. The Bertz CT molecular complexity index is 660. The van der Waals surface area contributed by atoms with Gasteiger partial charge in [-0.15, -0.1) is 0 Å². The monoisotopic (exact) mass is 308 g/mol. The van der Waals surface area contributed by atoms with E-state index in [0.29, 0.717) is 5.92 Å².